The fourth-order valence-corrected chi connectivity index (χ4v) is 1.90. The molecule has 1 heterocycles. The number of hydrogen-bond acceptors (Lipinski definition) is 2. The molecule has 0 amide bonds. The lowest BCUT2D eigenvalue weighted by Crippen LogP contribution is -2.41. The molecular formula is C13H25BO2. The summed E-state index contributed by atoms with van der Waals surface area (Å²) in [6.07, 6.45) is 5.83. The maximum absolute atomic E-state index is 5.96. The normalized spacial score (nSPS) is 26.1. The summed E-state index contributed by atoms with van der Waals surface area (Å²) in [4.78, 5) is 0. The van der Waals surface area contributed by atoms with E-state index in [0.717, 1.165) is 6.42 Å². The van der Waals surface area contributed by atoms with Crippen LogP contribution in [0.15, 0.2) is 11.5 Å². The van der Waals surface area contributed by atoms with Crippen LogP contribution in [0.2, 0.25) is 0 Å². The molecule has 1 saturated heterocycles. The van der Waals surface area contributed by atoms with Crippen molar-refractivity contribution in [1.29, 1.82) is 0 Å². The first-order valence-electron chi connectivity index (χ1n) is 6.47. The molecule has 1 aliphatic carbocycles. The summed E-state index contributed by atoms with van der Waals surface area (Å²) in [5, 5.41) is 0. The molecule has 0 spiro atoms. The zero-order valence-electron chi connectivity index (χ0n) is 11.6. The monoisotopic (exact) mass is 224 g/mol. The molecule has 0 aromatic carbocycles. The molecule has 0 radical (unpaired) electrons. The van der Waals surface area contributed by atoms with E-state index in [1.165, 1.54) is 18.3 Å². The zero-order chi connectivity index (χ0) is 12.4. The highest BCUT2D eigenvalue weighted by Crippen LogP contribution is 2.40. The van der Waals surface area contributed by atoms with E-state index in [1.807, 2.05) is 13.8 Å². The number of allylic oxidation sites excluding steroid dienone is 2. The molecule has 2 nitrogen and oxygen atoms in total. The SMILES string of the molecule is CC.CC1(C)OB(C2=CCCC2)OC1(C)C. The molecule has 0 unspecified atom stereocenters. The van der Waals surface area contributed by atoms with E-state index in [4.69, 9.17) is 9.31 Å². The van der Waals surface area contributed by atoms with Gasteiger partial charge in [0.15, 0.2) is 0 Å². The van der Waals surface area contributed by atoms with Gasteiger partial charge in [0.25, 0.3) is 0 Å². The summed E-state index contributed by atoms with van der Waals surface area (Å²) in [6, 6.07) is 0. The van der Waals surface area contributed by atoms with Gasteiger partial charge in [0.2, 0.25) is 0 Å². The number of hydrogen-bond donors (Lipinski definition) is 0. The third-order valence-corrected chi connectivity index (χ3v) is 3.63. The molecule has 0 atom stereocenters. The van der Waals surface area contributed by atoms with Gasteiger partial charge in [0, 0.05) is 0 Å². The third kappa shape index (κ3) is 2.52. The predicted octanol–water partition coefficient (Wildman–Crippen LogP) is 3.75. The highest BCUT2D eigenvalue weighted by molar-refractivity contribution is 6.54. The quantitative estimate of drug-likeness (QED) is 0.631. The fourth-order valence-electron chi connectivity index (χ4n) is 1.90. The standard InChI is InChI=1S/C11H19BO2.C2H6/c1-10(2)11(3,4)14-12(13-10)9-7-5-6-8-9;1-2/h7H,5-6,8H2,1-4H3;1-2H3. The largest absolute Gasteiger partial charge is 0.490 e. The van der Waals surface area contributed by atoms with Crippen LogP contribution in [0, 0.1) is 0 Å². The molecule has 0 aromatic rings. The summed E-state index contributed by atoms with van der Waals surface area (Å²) in [5.74, 6) is 0. The van der Waals surface area contributed by atoms with Crippen LogP contribution >= 0.6 is 0 Å². The van der Waals surface area contributed by atoms with E-state index in [9.17, 15) is 0 Å². The van der Waals surface area contributed by atoms with Crippen molar-refractivity contribution in [2.75, 3.05) is 0 Å². The third-order valence-electron chi connectivity index (χ3n) is 3.63. The summed E-state index contributed by atoms with van der Waals surface area (Å²) in [7, 11) is -0.0949. The summed E-state index contributed by atoms with van der Waals surface area (Å²) >= 11 is 0. The Kier molecular flexibility index (Phi) is 4.25. The molecule has 16 heavy (non-hydrogen) atoms. The number of rotatable bonds is 1. The maximum Gasteiger partial charge on any atom is 0.490 e. The lowest BCUT2D eigenvalue weighted by atomic mass is 9.78. The van der Waals surface area contributed by atoms with Crippen molar-refractivity contribution in [3.63, 3.8) is 0 Å². The zero-order valence-corrected chi connectivity index (χ0v) is 11.6. The van der Waals surface area contributed by atoms with Crippen LogP contribution in [0.1, 0.15) is 60.8 Å². The van der Waals surface area contributed by atoms with Gasteiger partial charge in [-0.1, -0.05) is 19.9 Å². The molecule has 3 heteroatoms. The van der Waals surface area contributed by atoms with E-state index >= 15 is 0 Å². The molecule has 0 saturated carbocycles. The Bertz CT molecular complexity index is 253. The van der Waals surface area contributed by atoms with Gasteiger partial charge in [-0.25, -0.2) is 0 Å². The van der Waals surface area contributed by atoms with Crippen LogP contribution in [0.3, 0.4) is 0 Å². The second-order valence-electron chi connectivity index (χ2n) is 5.26. The van der Waals surface area contributed by atoms with Gasteiger partial charge >= 0.3 is 7.12 Å². The molecular weight excluding hydrogens is 199 g/mol. The summed E-state index contributed by atoms with van der Waals surface area (Å²) in [5.41, 5.74) is 0.950. The Labute approximate surface area is 101 Å². The van der Waals surface area contributed by atoms with Crippen molar-refractivity contribution in [2.45, 2.75) is 72.0 Å². The lowest BCUT2D eigenvalue weighted by Gasteiger charge is -2.32. The Morgan fingerprint density at radius 2 is 1.56 bits per heavy atom. The van der Waals surface area contributed by atoms with Crippen LogP contribution in [0.4, 0.5) is 0 Å². The van der Waals surface area contributed by atoms with Crippen molar-refractivity contribution >= 4 is 7.12 Å². The molecule has 2 rings (SSSR count). The molecule has 2 aliphatic rings. The first-order chi connectivity index (χ1) is 7.42. The average Bonchev–Trinajstić information content (AvgIpc) is 2.77. The first kappa shape index (κ1) is 13.8. The molecule has 0 N–H and O–H groups in total. The minimum Gasteiger partial charge on any atom is -0.400 e. The molecule has 0 aromatic heterocycles. The summed E-state index contributed by atoms with van der Waals surface area (Å²) < 4.78 is 11.9. The Hall–Kier alpha value is -0.275. The fraction of sp³-hybridized carbons (Fsp3) is 0.846. The second-order valence-corrected chi connectivity index (χ2v) is 5.26. The van der Waals surface area contributed by atoms with Gasteiger partial charge in [0.05, 0.1) is 11.2 Å². The van der Waals surface area contributed by atoms with Crippen molar-refractivity contribution in [3.05, 3.63) is 11.5 Å². The van der Waals surface area contributed by atoms with Crippen molar-refractivity contribution in [3.8, 4) is 0 Å². The molecule has 92 valence electrons. The van der Waals surface area contributed by atoms with E-state index in [2.05, 4.69) is 33.8 Å². The van der Waals surface area contributed by atoms with Gasteiger partial charge < -0.3 is 9.31 Å². The van der Waals surface area contributed by atoms with Crippen molar-refractivity contribution in [1.82, 2.24) is 0 Å². The van der Waals surface area contributed by atoms with Gasteiger partial charge in [-0.2, -0.15) is 0 Å². The highest BCUT2D eigenvalue weighted by Gasteiger charge is 2.52. The van der Waals surface area contributed by atoms with E-state index in [1.54, 1.807) is 0 Å². The average molecular weight is 224 g/mol. The van der Waals surface area contributed by atoms with E-state index < -0.39 is 0 Å². The minimum atomic E-state index is -0.193. The molecule has 1 aliphatic heterocycles. The minimum absolute atomic E-state index is 0.0949. The Morgan fingerprint density at radius 1 is 1.06 bits per heavy atom. The second kappa shape index (κ2) is 4.93. The van der Waals surface area contributed by atoms with Gasteiger partial charge in [-0.15, -0.1) is 0 Å². The van der Waals surface area contributed by atoms with Crippen LogP contribution < -0.4 is 0 Å². The smallest absolute Gasteiger partial charge is 0.400 e. The predicted molar refractivity (Wildman–Crippen MR) is 69.4 cm³/mol. The molecule has 1 fully saturated rings. The van der Waals surface area contributed by atoms with E-state index in [0.29, 0.717) is 0 Å². The van der Waals surface area contributed by atoms with Gasteiger partial charge in [-0.05, 0) is 52.4 Å². The molecule has 0 bridgehead atoms. The van der Waals surface area contributed by atoms with Crippen LogP contribution in [-0.4, -0.2) is 18.3 Å². The van der Waals surface area contributed by atoms with Crippen molar-refractivity contribution in [2.24, 2.45) is 0 Å². The van der Waals surface area contributed by atoms with Crippen LogP contribution in [-0.2, 0) is 9.31 Å². The van der Waals surface area contributed by atoms with Gasteiger partial charge in [0.1, 0.15) is 0 Å². The summed E-state index contributed by atoms with van der Waals surface area (Å²) in [6.45, 7) is 12.4. The van der Waals surface area contributed by atoms with E-state index in [-0.39, 0.29) is 18.3 Å². The van der Waals surface area contributed by atoms with Gasteiger partial charge in [-0.3, -0.25) is 0 Å². The topological polar surface area (TPSA) is 18.5 Å². The Morgan fingerprint density at radius 3 is 1.94 bits per heavy atom. The highest BCUT2D eigenvalue weighted by atomic mass is 16.7. The maximum atomic E-state index is 5.96. The Balaban J connectivity index is 0.000000606. The van der Waals surface area contributed by atoms with Crippen molar-refractivity contribution < 1.29 is 9.31 Å². The first-order valence-corrected chi connectivity index (χ1v) is 6.47. The van der Waals surface area contributed by atoms with Crippen LogP contribution in [0.5, 0.6) is 0 Å². The lowest BCUT2D eigenvalue weighted by molar-refractivity contribution is 0.00578. The van der Waals surface area contributed by atoms with Crippen LogP contribution in [0.25, 0.3) is 0 Å².